The Morgan fingerprint density at radius 1 is 0.857 bits per heavy atom. The quantitative estimate of drug-likeness (QED) is 0.0402. The van der Waals surface area contributed by atoms with Crippen molar-refractivity contribution in [3.63, 3.8) is 0 Å². The van der Waals surface area contributed by atoms with E-state index in [-0.39, 0.29) is 22.2 Å². The van der Waals surface area contributed by atoms with Crippen molar-refractivity contribution < 1.29 is 64.8 Å². The first kappa shape index (κ1) is 57.8. The van der Waals surface area contributed by atoms with Crippen molar-refractivity contribution in [2.75, 3.05) is 65.3 Å². The van der Waals surface area contributed by atoms with Crippen LogP contribution in [0.5, 0.6) is 0 Å². The second-order valence-electron chi connectivity index (χ2n) is 20.8. The lowest BCUT2D eigenvalue weighted by molar-refractivity contribution is -0.143. The van der Waals surface area contributed by atoms with Gasteiger partial charge in [-0.1, -0.05) is 51.7 Å². The van der Waals surface area contributed by atoms with E-state index in [0.717, 1.165) is 81.6 Å². The molecule has 3 aliphatic rings. The summed E-state index contributed by atoms with van der Waals surface area (Å²) in [7, 11) is 2.24. The van der Waals surface area contributed by atoms with Crippen molar-refractivity contribution in [3.8, 4) is 23.0 Å². The monoisotopic (exact) mass is 1080 g/mol. The number of piperazine rings is 1. The highest BCUT2D eigenvalue weighted by Crippen LogP contribution is 2.36. The molecule has 4 amide bonds. The van der Waals surface area contributed by atoms with E-state index in [1.165, 1.54) is 34.7 Å². The number of carbonyl (C=O) groups excluding carboxylic acids is 4. The number of carbonyl (C=O) groups is 4. The maximum Gasteiger partial charge on any atom is 0.407 e. The summed E-state index contributed by atoms with van der Waals surface area (Å²) in [6.07, 6.45) is -0.149. The summed E-state index contributed by atoms with van der Waals surface area (Å²) in [6.45, 7) is 1.70. The van der Waals surface area contributed by atoms with Gasteiger partial charge in [0.05, 0.1) is 58.1 Å². The fraction of sp³-hybridized carbons (Fsp3) is 0.509. The average molecular weight is 1080 g/mol. The molecule has 3 fully saturated rings. The highest BCUT2D eigenvalue weighted by molar-refractivity contribution is 5.87. The van der Waals surface area contributed by atoms with Crippen molar-refractivity contribution in [2.24, 2.45) is 10.8 Å². The van der Waals surface area contributed by atoms with Crippen LogP contribution in [0.2, 0.25) is 0 Å². The van der Waals surface area contributed by atoms with Crippen molar-refractivity contribution >= 4 is 29.8 Å². The third-order valence-corrected chi connectivity index (χ3v) is 14.1. The molecule has 0 aliphatic carbocycles. The largest absolute Gasteiger partial charge is 0.453 e. The molecule has 4 aromatic rings. The minimum absolute atomic E-state index is 0.0542. The predicted octanol–water partition coefficient (Wildman–Crippen LogP) is 5.43. The number of methoxy groups -OCH3 is 1. The first-order chi connectivity index (χ1) is 36.6. The number of ether oxygens (including phenoxy) is 3. The van der Waals surface area contributed by atoms with E-state index < -0.39 is 109 Å². The molecule has 77 heavy (non-hydrogen) atoms. The molecule has 18 nitrogen and oxygen atoms in total. The zero-order valence-electron chi connectivity index (χ0n) is 43.5. The van der Waals surface area contributed by atoms with Gasteiger partial charge in [-0.2, -0.15) is 13.9 Å². The van der Waals surface area contributed by atoms with E-state index in [0.29, 0.717) is 34.8 Å². The second-order valence-corrected chi connectivity index (χ2v) is 20.8. The molecule has 3 saturated heterocycles. The second kappa shape index (κ2) is 25.0. The number of alkyl carbamates (subject to hydrolysis) is 2. The number of hydrogen-bond donors (Lipinski definition) is 5. The fourth-order valence-electron chi connectivity index (χ4n) is 9.53. The van der Waals surface area contributed by atoms with Crippen molar-refractivity contribution in [1.82, 2.24) is 46.0 Å². The Morgan fingerprint density at radius 3 is 2.04 bits per heavy atom. The summed E-state index contributed by atoms with van der Waals surface area (Å²) in [4.78, 5) is 62.7. The normalized spacial score (nSPS) is 18.4. The topological polar surface area (TPSA) is 205 Å². The third kappa shape index (κ3) is 14.2. The SMILES string of the molecule is CNC(=O)O[C@H](C(=O)NN(Cc1c(F)cc(-c2cnn(C(F)F)c2)cc1F)C[C@H](O)[C@H](Cc1ccc(C#Cc2ccc(N3C[C@@H]4CC[C@@H](C3)N4C3COC3)nc2)cc1)NC(=O)[C@@H](NC(=O)OC)C(C)(C)CF)C(C)(C)CF. The molecule has 416 valence electrons. The lowest BCUT2D eigenvalue weighted by atomic mass is 9.85. The molecule has 2 bridgehead atoms. The van der Waals surface area contributed by atoms with Crippen molar-refractivity contribution in [3.05, 3.63) is 101 Å². The average Bonchev–Trinajstić information content (AvgIpc) is 3.99. The van der Waals surface area contributed by atoms with Crippen molar-refractivity contribution in [1.29, 1.82) is 0 Å². The summed E-state index contributed by atoms with van der Waals surface area (Å²) < 4.78 is 103. The fourth-order valence-corrected chi connectivity index (χ4v) is 9.53. The summed E-state index contributed by atoms with van der Waals surface area (Å²) in [5, 5.41) is 23.7. The number of amides is 4. The van der Waals surface area contributed by atoms with Crippen LogP contribution in [0.25, 0.3) is 11.1 Å². The van der Waals surface area contributed by atoms with Crippen LogP contribution in [0.1, 0.15) is 69.3 Å². The number of hydrazine groups is 1. The maximum absolute atomic E-state index is 16.0. The highest BCUT2D eigenvalue weighted by atomic mass is 19.3. The number of rotatable bonds is 21. The smallest absolute Gasteiger partial charge is 0.407 e. The molecule has 2 aromatic heterocycles. The number of anilines is 1. The van der Waals surface area contributed by atoms with Gasteiger partial charge in [0.15, 0.2) is 6.10 Å². The minimum Gasteiger partial charge on any atom is -0.453 e. The van der Waals surface area contributed by atoms with E-state index >= 15 is 8.78 Å². The van der Waals surface area contributed by atoms with Crippen LogP contribution in [0.15, 0.2) is 67.1 Å². The van der Waals surface area contributed by atoms with Gasteiger partial charge in [-0.3, -0.25) is 28.7 Å². The lowest BCUT2D eigenvalue weighted by Crippen LogP contribution is -2.62. The number of alkyl halides is 4. The minimum atomic E-state index is -3.04. The third-order valence-electron chi connectivity index (χ3n) is 14.1. The van der Waals surface area contributed by atoms with Crippen LogP contribution in [0.3, 0.4) is 0 Å². The van der Waals surface area contributed by atoms with Gasteiger partial charge >= 0.3 is 18.7 Å². The molecule has 0 unspecified atom stereocenters. The molecule has 2 aromatic carbocycles. The van der Waals surface area contributed by atoms with Crippen LogP contribution in [-0.4, -0.2) is 157 Å². The summed E-state index contributed by atoms with van der Waals surface area (Å²) >= 11 is 0. The van der Waals surface area contributed by atoms with Crippen LogP contribution >= 0.6 is 0 Å². The maximum atomic E-state index is 16.0. The number of nitrogens with zero attached hydrogens (tertiary/aromatic N) is 6. The Balaban J connectivity index is 1.15. The molecule has 5 heterocycles. The van der Waals surface area contributed by atoms with Gasteiger partial charge in [-0.15, -0.1) is 0 Å². The van der Waals surface area contributed by atoms with Gasteiger partial charge in [-0.25, -0.2) is 33.0 Å². The number of nitrogens with one attached hydrogen (secondary N) is 4. The number of pyridine rings is 1. The molecule has 3 aliphatic heterocycles. The molecule has 7 rings (SSSR count). The molecule has 0 spiro atoms. The summed E-state index contributed by atoms with van der Waals surface area (Å²) in [5.74, 6) is 2.54. The number of aliphatic hydroxyl groups excluding tert-OH is 1. The zero-order chi connectivity index (χ0) is 55.8. The molecule has 24 heteroatoms. The number of aliphatic hydroxyl groups is 1. The molecule has 5 N–H and O–H groups in total. The Morgan fingerprint density at radius 2 is 1.49 bits per heavy atom. The Kier molecular flexibility index (Phi) is 18.8. The molecule has 6 atom stereocenters. The van der Waals surface area contributed by atoms with Crippen LogP contribution < -0.4 is 26.3 Å². The molecular weight excluding hydrogens is 1020 g/mol. The van der Waals surface area contributed by atoms with Gasteiger partial charge in [0.25, 0.3) is 5.91 Å². The standard InChI is InChI=1S/C53H64F6N10O8/c1-52(2,29-54)45(64-51(74)75-6)47(71)63-42(17-32-10-7-31(8-11-32)9-12-33-13-16-44(61-20-33)66-23-36-14-15-37(24-66)69(36)38-27-76-28-38)43(70)26-67(65-48(72)46(53(3,4)30-55)77-50(73)60-5)25-39-40(56)18-34(19-41(39)57)35-21-62-68(22-35)49(58)59/h7-8,10-11,13,16,18-22,36-38,42-43,45-46,49,70H,14-15,17,23-30H2,1-6H3,(H,60,73)(H,63,71)(H,64,74)(H,65,72)/t36-,37-,42-,43-,45+,46+/m0/s1. The van der Waals surface area contributed by atoms with Gasteiger partial charge in [0, 0.05) is 90.8 Å². The van der Waals surface area contributed by atoms with E-state index in [4.69, 9.17) is 19.2 Å². The Hall–Kier alpha value is -6.94. The first-order valence-corrected chi connectivity index (χ1v) is 25.0. The van der Waals surface area contributed by atoms with Crippen LogP contribution in [0, 0.1) is 34.3 Å². The van der Waals surface area contributed by atoms with Crippen molar-refractivity contribution in [2.45, 2.75) is 102 Å². The Labute approximate surface area is 442 Å². The lowest BCUT2D eigenvalue weighted by Gasteiger charge is -2.47. The number of aromatic nitrogens is 3. The summed E-state index contributed by atoms with van der Waals surface area (Å²) in [6, 6.07) is 10.8. The number of halogens is 6. The molecule has 0 radical (unpaired) electrons. The number of fused-ring (bicyclic) bond motifs is 2. The van der Waals surface area contributed by atoms with E-state index in [2.05, 4.69) is 48.1 Å². The van der Waals surface area contributed by atoms with Gasteiger partial charge < -0.3 is 40.2 Å². The highest BCUT2D eigenvalue weighted by Gasteiger charge is 2.46. The number of benzene rings is 2. The predicted molar refractivity (Wildman–Crippen MR) is 269 cm³/mol. The summed E-state index contributed by atoms with van der Waals surface area (Å²) in [5.41, 5.74) is 0.0268. The van der Waals surface area contributed by atoms with Gasteiger partial charge in [-0.05, 0) is 66.8 Å². The Bertz CT molecular complexity index is 2740. The van der Waals surface area contributed by atoms with E-state index in [1.54, 1.807) is 30.5 Å². The number of hydrogen-bond acceptors (Lipinski definition) is 13. The zero-order valence-corrected chi connectivity index (χ0v) is 43.5. The van der Waals surface area contributed by atoms with E-state index in [1.807, 2.05) is 12.1 Å². The van der Waals surface area contributed by atoms with Crippen LogP contribution in [0.4, 0.5) is 41.7 Å². The van der Waals surface area contributed by atoms with Gasteiger partial charge in [0.1, 0.15) is 23.5 Å². The van der Waals surface area contributed by atoms with Gasteiger partial charge in [0.2, 0.25) is 5.91 Å². The molecular formula is C53H64F6N10O8. The van der Waals surface area contributed by atoms with Crippen LogP contribution in [-0.2, 0) is 36.8 Å². The first-order valence-electron chi connectivity index (χ1n) is 25.0. The molecule has 0 saturated carbocycles. The van der Waals surface area contributed by atoms with E-state index in [9.17, 15) is 41.8 Å².